The molecule has 6 nitrogen and oxygen atoms in total. The van der Waals surface area contributed by atoms with Crippen LogP contribution in [-0.2, 0) is 6.54 Å². The summed E-state index contributed by atoms with van der Waals surface area (Å²) in [5.41, 5.74) is 0.864. The molecule has 0 fully saturated rings. The Hall–Kier alpha value is -2.37. The van der Waals surface area contributed by atoms with E-state index in [1.807, 2.05) is 16.9 Å². The summed E-state index contributed by atoms with van der Waals surface area (Å²) in [4.78, 5) is 10.2. The molecular formula is C14H18N4O2. The third kappa shape index (κ3) is 3.81. The molecular weight excluding hydrogens is 256 g/mol. The zero-order valence-corrected chi connectivity index (χ0v) is 11.6. The summed E-state index contributed by atoms with van der Waals surface area (Å²) in [6.45, 7) is 5.25. The van der Waals surface area contributed by atoms with Crippen LogP contribution in [0, 0.1) is 16.0 Å². The van der Waals surface area contributed by atoms with Crippen LogP contribution >= 0.6 is 0 Å². The summed E-state index contributed by atoms with van der Waals surface area (Å²) in [7, 11) is 0. The van der Waals surface area contributed by atoms with Gasteiger partial charge < -0.3 is 5.32 Å². The molecule has 0 saturated carbocycles. The zero-order valence-electron chi connectivity index (χ0n) is 11.6. The number of hydrogen-bond donors (Lipinski definition) is 1. The largest absolute Gasteiger partial charge is 0.339 e. The first-order chi connectivity index (χ1) is 9.54. The lowest BCUT2D eigenvalue weighted by molar-refractivity contribution is -0.384. The van der Waals surface area contributed by atoms with Gasteiger partial charge in [0, 0.05) is 36.6 Å². The van der Waals surface area contributed by atoms with Gasteiger partial charge in [-0.1, -0.05) is 13.8 Å². The molecule has 0 aliphatic rings. The van der Waals surface area contributed by atoms with Crippen molar-refractivity contribution in [1.29, 1.82) is 0 Å². The molecule has 20 heavy (non-hydrogen) atoms. The number of benzene rings is 1. The van der Waals surface area contributed by atoms with E-state index < -0.39 is 4.92 Å². The van der Waals surface area contributed by atoms with Gasteiger partial charge in [-0.15, -0.1) is 0 Å². The van der Waals surface area contributed by atoms with Crippen LogP contribution in [0.25, 0.3) is 0 Å². The molecule has 0 aliphatic heterocycles. The Morgan fingerprint density at radius 1 is 1.30 bits per heavy atom. The van der Waals surface area contributed by atoms with Gasteiger partial charge in [0.2, 0.25) is 0 Å². The standard InChI is InChI=1S/C14H18N4O2/c1-11(2)7-9-17-10-8-14(16-17)15-12-3-5-13(6-4-12)18(19)20/h3-6,8,10-11H,7,9H2,1-2H3,(H,15,16). The van der Waals surface area contributed by atoms with Crippen molar-refractivity contribution < 1.29 is 4.92 Å². The van der Waals surface area contributed by atoms with Crippen molar-refractivity contribution >= 4 is 17.2 Å². The quantitative estimate of drug-likeness (QED) is 0.645. The summed E-state index contributed by atoms with van der Waals surface area (Å²) in [5, 5.41) is 18.1. The van der Waals surface area contributed by atoms with Crippen molar-refractivity contribution in [3.8, 4) is 0 Å². The minimum Gasteiger partial charge on any atom is -0.339 e. The molecule has 2 aromatic rings. The summed E-state index contributed by atoms with van der Waals surface area (Å²) in [5.74, 6) is 1.38. The SMILES string of the molecule is CC(C)CCn1ccc(Nc2ccc([N+](=O)[O-])cc2)n1. The van der Waals surface area contributed by atoms with E-state index in [-0.39, 0.29) is 5.69 Å². The molecule has 1 N–H and O–H groups in total. The molecule has 106 valence electrons. The number of nitro groups is 1. The molecule has 0 spiro atoms. The maximum Gasteiger partial charge on any atom is 0.269 e. The summed E-state index contributed by atoms with van der Waals surface area (Å²) >= 11 is 0. The van der Waals surface area contributed by atoms with Crippen molar-refractivity contribution in [3.63, 3.8) is 0 Å². The number of aromatic nitrogens is 2. The summed E-state index contributed by atoms with van der Waals surface area (Å²) in [6, 6.07) is 8.18. The molecule has 1 aromatic heterocycles. The van der Waals surface area contributed by atoms with E-state index in [2.05, 4.69) is 24.3 Å². The number of anilines is 2. The van der Waals surface area contributed by atoms with Crippen LogP contribution in [0.2, 0.25) is 0 Å². The number of aryl methyl sites for hydroxylation is 1. The Morgan fingerprint density at radius 3 is 2.60 bits per heavy atom. The Bertz CT molecular complexity index is 575. The second-order valence-corrected chi connectivity index (χ2v) is 5.08. The van der Waals surface area contributed by atoms with E-state index in [0.29, 0.717) is 5.92 Å². The van der Waals surface area contributed by atoms with Gasteiger partial charge in [-0.25, -0.2) is 0 Å². The van der Waals surface area contributed by atoms with Crippen molar-refractivity contribution in [3.05, 3.63) is 46.6 Å². The van der Waals surface area contributed by atoms with Crippen molar-refractivity contribution in [2.75, 3.05) is 5.32 Å². The maximum atomic E-state index is 10.6. The zero-order chi connectivity index (χ0) is 14.5. The van der Waals surface area contributed by atoms with Gasteiger partial charge in [-0.2, -0.15) is 5.10 Å². The topological polar surface area (TPSA) is 73.0 Å². The van der Waals surface area contributed by atoms with Crippen LogP contribution in [0.15, 0.2) is 36.5 Å². The Morgan fingerprint density at radius 2 is 2.00 bits per heavy atom. The van der Waals surface area contributed by atoms with E-state index in [1.54, 1.807) is 12.1 Å². The molecule has 0 unspecified atom stereocenters. The van der Waals surface area contributed by atoms with E-state index in [4.69, 9.17) is 0 Å². The third-order valence-electron chi connectivity index (χ3n) is 2.93. The molecule has 0 aliphatic carbocycles. The Balaban J connectivity index is 1.97. The average molecular weight is 274 g/mol. The highest BCUT2D eigenvalue weighted by atomic mass is 16.6. The lowest BCUT2D eigenvalue weighted by Gasteiger charge is -2.05. The number of hydrogen-bond acceptors (Lipinski definition) is 4. The van der Waals surface area contributed by atoms with Gasteiger partial charge in [0.1, 0.15) is 0 Å². The molecule has 6 heteroatoms. The van der Waals surface area contributed by atoms with Gasteiger partial charge in [0.25, 0.3) is 5.69 Å². The van der Waals surface area contributed by atoms with Gasteiger partial charge in [0.05, 0.1) is 4.92 Å². The van der Waals surface area contributed by atoms with Crippen LogP contribution < -0.4 is 5.32 Å². The fourth-order valence-electron chi connectivity index (χ4n) is 1.76. The first-order valence-corrected chi connectivity index (χ1v) is 6.59. The first kappa shape index (κ1) is 14.0. The molecule has 0 saturated heterocycles. The fraction of sp³-hybridized carbons (Fsp3) is 0.357. The fourth-order valence-corrected chi connectivity index (χ4v) is 1.76. The minimum absolute atomic E-state index is 0.0815. The maximum absolute atomic E-state index is 10.6. The van der Waals surface area contributed by atoms with E-state index in [1.165, 1.54) is 12.1 Å². The van der Waals surface area contributed by atoms with Crippen LogP contribution in [0.5, 0.6) is 0 Å². The molecule has 0 radical (unpaired) electrons. The highest BCUT2D eigenvalue weighted by molar-refractivity contribution is 5.57. The predicted octanol–water partition coefficient (Wildman–Crippen LogP) is 3.58. The second-order valence-electron chi connectivity index (χ2n) is 5.08. The number of nitro benzene ring substituents is 1. The van der Waals surface area contributed by atoms with Gasteiger partial charge in [-0.3, -0.25) is 14.8 Å². The van der Waals surface area contributed by atoms with Crippen LogP contribution in [0.1, 0.15) is 20.3 Å². The molecule has 1 aromatic carbocycles. The molecule has 0 bridgehead atoms. The van der Waals surface area contributed by atoms with E-state index >= 15 is 0 Å². The minimum atomic E-state index is -0.412. The van der Waals surface area contributed by atoms with Gasteiger partial charge in [-0.05, 0) is 24.5 Å². The smallest absolute Gasteiger partial charge is 0.269 e. The van der Waals surface area contributed by atoms with E-state index in [0.717, 1.165) is 24.5 Å². The average Bonchev–Trinajstić information content (AvgIpc) is 2.84. The number of non-ortho nitro benzene ring substituents is 1. The number of nitrogens with zero attached hydrogens (tertiary/aromatic N) is 3. The van der Waals surface area contributed by atoms with Crippen LogP contribution in [-0.4, -0.2) is 14.7 Å². The predicted molar refractivity (Wildman–Crippen MR) is 78.1 cm³/mol. The first-order valence-electron chi connectivity index (χ1n) is 6.59. The molecule has 2 rings (SSSR count). The van der Waals surface area contributed by atoms with Crippen molar-refractivity contribution in [2.24, 2.45) is 5.92 Å². The van der Waals surface area contributed by atoms with E-state index in [9.17, 15) is 10.1 Å². The lowest BCUT2D eigenvalue weighted by Crippen LogP contribution is -2.02. The monoisotopic (exact) mass is 274 g/mol. The van der Waals surface area contributed by atoms with Gasteiger partial charge in [0.15, 0.2) is 5.82 Å². The number of rotatable bonds is 6. The second kappa shape index (κ2) is 6.18. The van der Waals surface area contributed by atoms with Crippen molar-refractivity contribution in [2.45, 2.75) is 26.8 Å². The number of nitrogens with one attached hydrogen (secondary N) is 1. The van der Waals surface area contributed by atoms with Crippen molar-refractivity contribution in [1.82, 2.24) is 9.78 Å². The molecule has 0 amide bonds. The third-order valence-corrected chi connectivity index (χ3v) is 2.93. The van der Waals surface area contributed by atoms with Gasteiger partial charge >= 0.3 is 0 Å². The van der Waals surface area contributed by atoms with Crippen LogP contribution in [0.4, 0.5) is 17.2 Å². The van der Waals surface area contributed by atoms with Crippen LogP contribution in [0.3, 0.4) is 0 Å². The normalized spacial score (nSPS) is 10.8. The highest BCUT2D eigenvalue weighted by Gasteiger charge is 2.05. The molecule has 1 heterocycles. The Labute approximate surface area is 117 Å². The summed E-state index contributed by atoms with van der Waals surface area (Å²) < 4.78 is 1.90. The summed E-state index contributed by atoms with van der Waals surface area (Å²) in [6.07, 6.45) is 3.01. The molecule has 0 atom stereocenters. The lowest BCUT2D eigenvalue weighted by atomic mass is 10.1. The Kier molecular flexibility index (Phi) is 4.34. The highest BCUT2D eigenvalue weighted by Crippen LogP contribution is 2.18.